The van der Waals surface area contributed by atoms with Crippen LogP contribution in [0, 0.1) is 6.92 Å². The standard InChI is InChI=1S/C14H17N3O5S/c1-4-14(3)12(20)17(13(21)15-14)16-9(18)7-22-11(19)10-8(2)5-6-23-10/h5-6H,4,7H2,1-3H3,(H,15,21)(H,16,18)/t14-/m1/s1. The minimum Gasteiger partial charge on any atom is -0.451 e. The first kappa shape index (κ1) is 16.9. The van der Waals surface area contributed by atoms with Crippen LogP contribution in [-0.4, -0.2) is 41.0 Å². The molecule has 0 radical (unpaired) electrons. The number of nitrogens with zero attached hydrogens (tertiary/aromatic N) is 1. The van der Waals surface area contributed by atoms with Crippen LogP contribution in [0.25, 0.3) is 0 Å². The van der Waals surface area contributed by atoms with Gasteiger partial charge in [-0.2, -0.15) is 5.01 Å². The average molecular weight is 339 g/mol. The van der Waals surface area contributed by atoms with E-state index in [2.05, 4.69) is 10.7 Å². The molecule has 1 aromatic rings. The number of imide groups is 1. The molecule has 0 aliphatic carbocycles. The topological polar surface area (TPSA) is 105 Å². The van der Waals surface area contributed by atoms with Gasteiger partial charge in [0.15, 0.2) is 6.61 Å². The summed E-state index contributed by atoms with van der Waals surface area (Å²) in [5, 5.41) is 4.84. The van der Waals surface area contributed by atoms with Crippen molar-refractivity contribution in [3.8, 4) is 0 Å². The van der Waals surface area contributed by atoms with Gasteiger partial charge in [0, 0.05) is 0 Å². The van der Waals surface area contributed by atoms with Gasteiger partial charge in [0.1, 0.15) is 10.4 Å². The third-order valence-electron chi connectivity index (χ3n) is 3.59. The minimum absolute atomic E-state index is 0.386. The predicted octanol–water partition coefficient (Wildman–Crippen LogP) is 0.965. The van der Waals surface area contributed by atoms with Crippen molar-refractivity contribution in [2.75, 3.05) is 6.61 Å². The molecule has 2 N–H and O–H groups in total. The maximum Gasteiger partial charge on any atom is 0.349 e. The summed E-state index contributed by atoms with van der Waals surface area (Å²) in [5.41, 5.74) is 1.85. The molecule has 0 aromatic carbocycles. The fourth-order valence-corrected chi connectivity index (χ4v) is 2.78. The number of hydrogen-bond acceptors (Lipinski definition) is 6. The molecule has 9 heteroatoms. The SMILES string of the molecule is CC[C@@]1(C)NC(=O)N(NC(=O)COC(=O)c2sccc2C)C1=O. The normalized spacial score (nSPS) is 20.4. The number of nitrogens with one attached hydrogen (secondary N) is 2. The molecule has 1 aliphatic heterocycles. The lowest BCUT2D eigenvalue weighted by Gasteiger charge is -2.19. The molecule has 23 heavy (non-hydrogen) atoms. The molecule has 1 aromatic heterocycles. The minimum atomic E-state index is -1.05. The van der Waals surface area contributed by atoms with Crippen LogP contribution in [0.15, 0.2) is 11.4 Å². The van der Waals surface area contributed by atoms with Gasteiger partial charge < -0.3 is 10.1 Å². The first-order valence-corrected chi connectivity index (χ1v) is 7.84. The van der Waals surface area contributed by atoms with Gasteiger partial charge in [0.2, 0.25) is 0 Å². The maximum atomic E-state index is 12.1. The predicted molar refractivity (Wildman–Crippen MR) is 81.6 cm³/mol. The molecular formula is C14H17N3O5S. The third-order valence-corrected chi connectivity index (χ3v) is 4.58. The van der Waals surface area contributed by atoms with Gasteiger partial charge in [-0.05, 0) is 37.3 Å². The maximum absolute atomic E-state index is 12.1. The van der Waals surface area contributed by atoms with E-state index in [4.69, 9.17) is 4.74 Å². The highest BCUT2D eigenvalue weighted by Crippen LogP contribution is 2.19. The van der Waals surface area contributed by atoms with E-state index in [9.17, 15) is 19.2 Å². The Morgan fingerprint density at radius 1 is 1.43 bits per heavy atom. The Morgan fingerprint density at radius 2 is 2.13 bits per heavy atom. The van der Waals surface area contributed by atoms with E-state index in [1.807, 2.05) is 0 Å². The van der Waals surface area contributed by atoms with E-state index < -0.39 is 36.0 Å². The first-order valence-electron chi connectivity index (χ1n) is 6.96. The molecule has 2 heterocycles. The van der Waals surface area contributed by atoms with E-state index >= 15 is 0 Å². The molecule has 1 atom stereocenters. The highest BCUT2D eigenvalue weighted by atomic mass is 32.1. The van der Waals surface area contributed by atoms with Gasteiger partial charge in [-0.25, -0.2) is 9.59 Å². The summed E-state index contributed by atoms with van der Waals surface area (Å²) in [7, 11) is 0. The lowest BCUT2D eigenvalue weighted by molar-refractivity contribution is -0.139. The second-order valence-electron chi connectivity index (χ2n) is 5.30. The molecule has 0 unspecified atom stereocenters. The van der Waals surface area contributed by atoms with E-state index in [0.29, 0.717) is 16.3 Å². The number of aryl methyl sites for hydroxylation is 1. The second-order valence-corrected chi connectivity index (χ2v) is 6.22. The summed E-state index contributed by atoms with van der Waals surface area (Å²) >= 11 is 1.21. The van der Waals surface area contributed by atoms with Crippen molar-refractivity contribution < 1.29 is 23.9 Å². The fraction of sp³-hybridized carbons (Fsp3) is 0.429. The lowest BCUT2D eigenvalue weighted by atomic mass is 10.00. The number of rotatable bonds is 5. The molecule has 1 saturated heterocycles. The molecule has 124 valence electrons. The monoisotopic (exact) mass is 339 g/mol. The van der Waals surface area contributed by atoms with Gasteiger partial charge in [-0.15, -0.1) is 11.3 Å². The first-order chi connectivity index (χ1) is 10.8. The van der Waals surface area contributed by atoms with Crippen LogP contribution in [0.3, 0.4) is 0 Å². The van der Waals surface area contributed by atoms with E-state index in [1.54, 1.807) is 32.2 Å². The van der Waals surface area contributed by atoms with Gasteiger partial charge in [0.05, 0.1) is 0 Å². The van der Waals surface area contributed by atoms with Crippen molar-refractivity contribution in [3.63, 3.8) is 0 Å². The number of hydrogen-bond donors (Lipinski definition) is 2. The number of hydrazine groups is 1. The number of thiophene rings is 1. The molecular weight excluding hydrogens is 322 g/mol. The van der Waals surface area contributed by atoms with E-state index in [1.165, 1.54) is 11.3 Å². The Balaban J connectivity index is 1.91. The smallest absolute Gasteiger partial charge is 0.349 e. The summed E-state index contributed by atoms with van der Waals surface area (Å²) in [6, 6.07) is 1.05. The lowest BCUT2D eigenvalue weighted by Crippen LogP contribution is -2.49. The summed E-state index contributed by atoms with van der Waals surface area (Å²) in [5.74, 6) is -1.95. The quantitative estimate of drug-likeness (QED) is 0.614. The fourth-order valence-electron chi connectivity index (χ4n) is 1.96. The van der Waals surface area contributed by atoms with Crippen molar-refractivity contribution in [1.29, 1.82) is 0 Å². The van der Waals surface area contributed by atoms with Crippen molar-refractivity contribution in [2.24, 2.45) is 0 Å². The summed E-state index contributed by atoms with van der Waals surface area (Å²) < 4.78 is 4.88. The number of esters is 1. The van der Waals surface area contributed by atoms with Gasteiger partial charge >= 0.3 is 12.0 Å². The molecule has 0 bridgehead atoms. The van der Waals surface area contributed by atoms with Gasteiger partial charge in [-0.3, -0.25) is 15.0 Å². The molecule has 8 nitrogen and oxygen atoms in total. The Kier molecular flexibility index (Phi) is 4.69. The summed E-state index contributed by atoms with van der Waals surface area (Å²) in [4.78, 5) is 47.8. The van der Waals surface area contributed by atoms with Crippen molar-refractivity contribution in [3.05, 3.63) is 21.9 Å². The van der Waals surface area contributed by atoms with Crippen LogP contribution in [0.1, 0.15) is 35.5 Å². The van der Waals surface area contributed by atoms with Crippen LogP contribution in [-0.2, 0) is 14.3 Å². The molecule has 2 rings (SSSR count). The number of amides is 4. The summed E-state index contributed by atoms with van der Waals surface area (Å²) in [6.45, 7) is 4.48. The number of ether oxygens (including phenoxy) is 1. The van der Waals surface area contributed by atoms with Crippen LogP contribution >= 0.6 is 11.3 Å². The molecule has 0 spiro atoms. The van der Waals surface area contributed by atoms with Crippen LogP contribution in [0.2, 0.25) is 0 Å². The second kappa shape index (κ2) is 6.37. The molecule has 1 aliphatic rings. The molecule has 0 saturated carbocycles. The van der Waals surface area contributed by atoms with Crippen molar-refractivity contribution in [1.82, 2.24) is 15.8 Å². The highest BCUT2D eigenvalue weighted by molar-refractivity contribution is 7.12. The number of urea groups is 1. The number of carbonyl (C=O) groups excluding carboxylic acids is 4. The zero-order valence-electron chi connectivity index (χ0n) is 13.0. The zero-order valence-corrected chi connectivity index (χ0v) is 13.8. The van der Waals surface area contributed by atoms with Crippen LogP contribution in [0.5, 0.6) is 0 Å². The molecule has 1 fully saturated rings. The summed E-state index contributed by atoms with van der Waals surface area (Å²) in [6.07, 6.45) is 0.386. The van der Waals surface area contributed by atoms with E-state index in [0.717, 1.165) is 5.56 Å². The highest BCUT2D eigenvalue weighted by Gasteiger charge is 2.47. The van der Waals surface area contributed by atoms with Crippen molar-refractivity contribution >= 4 is 35.2 Å². The van der Waals surface area contributed by atoms with Gasteiger partial charge in [0.25, 0.3) is 11.8 Å². The Morgan fingerprint density at radius 3 is 2.65 bits per heavy atom. The average Bonchev–Trinajstić information content (AvgIpc) is 3.02. The molecule has 4 amide bonds. The Labute approximate surface area is 136 Å². The third kappa shape index (κ3) is 3.34. The van der Waals surface area contributed by atoms with Crippen LogP contribution in [0.4, 0.5) is 4.79 Å². The van der Waals surface area contributed by atoms with Gasteiger partial charge in [-0.1, -0.05) is 6.92 Å². The Hall–Kier alpha value is -2.42. The Bertz CT molecular complexity index is 671. The zero-order chi connectivity index (χ0) is 17.2. The van der Waals surface area contributed by atoms with Crippen LogP contribution < -0.4 is 10.7 Å². The number of carbonyl (C=O) groups is 4. The van der Waals surface area contributed by atoms with E-state index in [-0.39, 0.29) is 0 Å². The largest absolute Gasteiger partial charge is 0.451 e. The van der Waals surface area contributed by atoms with Crippen molar-refractivity contribution in [2.45, 2.75) is 32.7 Å².